The van der Waals surface area contributed by atoms with E-state index in [-0.39, 0.29) is 11.8 Å². The summed E-state index contributed by atoms with van der Waals surface area (Å²) in [5, 5.41) is 6.04. The molecule has 3 aliphatic rings. The van der Waals surface area contributed by atoms with Crippen molar-refractivity contribution in [3.05, 3.63) is 70.0 Å². The summed E-state index contributed by atoms with van der Waals surface area (Å²) in [6.07, 6.45) is 2.78. The second-order valence-corrected chi connectivity index (χ2v) is 11.8. The highest BCUT2D eigenvalue weighted by Gasteiger charge is 2.30. The number of anilines is 2. The molecular formula is C29H27N5O3S2. The molecule has 8 nitrogen and oxygen atoms in total. The predicted molar refractivity (Wildman–Crippen MR) is 154 cm³/mol. The maximum Gasteiger partial charge on any atom is 0.276 e. The van der Waals surface area contributed by atoms with Crippen LogP contribution in [0.25, 0.3) is 21.8 Å². The molecule has 2 aliphatic heterocycles. The minimum absolute atomic E-state index is 0.000759. The maximum absolute atomic E-state index is 13.9. The molecule has 1 saturated carbocycles. The highest BCUT2D eigenvalue weighted by atomic mass is 32.1. The summed E-state index contributed by atoms with van der Waals surface area (Å²) in [6, 6.07) is 15.8. The molecule has 5 heterocycles. The van der Waals surface area contributed by atoms with Crippen LogP contribution in [0.15, 0.2) is 53.9 Å². The van der Waals surface area contributed by atoms with Gasteiger partial charge in [-0.05, 0) is 49.1 Å². The van der Waals surface area contributed by atoms with Gasteiger partial charge < -0.3 is 19.9 Å². The number of morpholine rings is 1. The highest BCUT2D eigenvalue weighted by Crippen LogP contribution is 2.42. The third-order valence-electron chi connectivity index (χ3n) is 7.24. The molecule has 2 fully saturated rings. The second-order valence-electron chi connectivity index (χ2n) is 9.96. The minimum Gasteiger partial charge on any atom is -0.378 e. The molecule has 1 N–H and O–H groups in total. The van der Waals surface area contributed by atoms with E-state index in [0.717, 1.165) is 63.3 Å². The van der Waals surface area contributed by atoms with Gasteiger partial charge in [0.2, 0.25) is 0 Å². The fourth-order valence-electron chi connectivity index (χ4n) is 5.02. The van der Waals surface area contributed by atoms with Gasteiger partial charge in [0.1, 0.15) is 11.4 Å². The summed E-state index contributed by atoms with van der Waals surface area (Å²) < 4.78 is 5.46. The van der Waals surface area contributed by atoms with Gasteiger partial charge in [0, 0.05) is 41.5 Å². The van der Waals surface area contributed by atoms with Crippen LogP contribution in [0.5, 0.6) is 0 Å². The van der Waals surface area contributed by atoms with Crippen LogP contribution >= 0.6 is 22.7 Å². The van der Waals surface area contributed by atoms with Gasteiger partial charge in [-0.2, -0.15) is 0 Å². The van der Waals surface area contributed by atoms with E-state index in [4.69, 9.17) is 14.7 Å². The number of fused-ring (bicyclic) bond motifs is 3. The molecular weight excluding hydrogens is 530 g/mol. The number of nitrogens with one attached hydrogen (secondary N) is 1. The zero-order valence-corrected chi connectivity index (χ0v) is 22.9. The molecule has 198 valence electrons. The smallest absolute Gasteiger partial charge is 0.276 e. The van der Waals surface area contributed by atoms with Crippen LogP contribution in [0.2, 0.25) is 0 Å². The first kappa shape index (κ1) is 24.4. The fraction of sp³-hybridized carbons (Fsp3) is 0.310. The Bertz CT molecular complexity index is 1550. The van der Waals surface area contributed by atoms with Crippen molar-refractivity contribution in [3.8, 4) is 21.8 Å². The number of carbonyl (C=O) groups is 2. The molecule has 7 rings (SSSR count). The largest absolute Gasteiger partial charge is 0.378 e. The quantitative estimate of drug-likeness (QED) is 0.377. The van der Waals surface area contributed by atoms with E-state index >= 15 is 0 Å². The van der Waals surface area contributed by atoms with Gasteiger partial charge in [-0.1, -0.05) is 24.3 Å². The summed E-state index contributed by atoms with van der Waals surface area (Å²) in [5.74, 6) is -0.143. The Morgan fingerprint density at radius 1 is 0.974 bits per heavy atom. The molecule has 1 saturated heterocycles. The lowest BCUT2D eigenvalue weighted by Crippen LogP contribution is -2.36. The summed E-state index contributed by atoms with van der Waals surface area (Å²) in [6.45, 7) is 3.57. The number of hydrogen-bond acceptors (Lipinski definition) is 8. The average molecular weight is 558 g/mol. The number of para-hydroxylation sites is 1. The van der Waals surface area contributed by atoms with E-state index in [1.165, 1.54) is 11.3 Å². The van der Waals surface area contributed by atoms with Crippen LogP contribution in [0, 0.1) is 0 Å². The number of pyridine rings is 1. The van der Waals surface area contributed by atoms with Crippen molar-refractivity contribution in [1.82, 2.24) is 15.3 Å². The van der Waals surface area contributed by atoms with Gasteiger partial charge in [0.15, 0.2) is 5.13 Å². The van der Waals surface area contributed by atoms with Gasteiger partial charge in [-0.15, -0.1) is 22.7 Å². The van der Waals surface area contributed by atoms with Crippen molar-refractivity contribution < 1.29 is 14.3 Å². The van der Waals surface area contributed by atoms with Crippen molar-refractivity contribution in [3.63, 3.8) is 0 Å². The number of rotatable bonds is 5. The number of carbonyl (C=O) groups excluding carboxylic acids is 2. The molecule has 2 amide bonds. The van der Waals surface area contributed by atoms with E-state index in [1.807, 2.05) is 52.7 Å². The Balaban J connectivity index is 1.16. The predicted octanol–water partition coefficient (Wildman–Crippen LogP) is 4.87. The number of ether oxygens (including phenoxy) is 1. The van der Waals surface area contributed by atoms with Gasteiger partial charge in [-0.25, -0.2) is 9.97 Å². The van der Waals surface area contributed by atoms with Crippen molar-refractivity contribution in [2.75, 3.05) is 42.6 Å². The van der Waals surface area contributed by atoms with Crippen LogP contribution in [0.3, 0.4) is 0 Å². The molecule has 39 heavy (non-hydrogen) atoms. The molecule has 0 atom stereocenters. The fourth-order valence-corrected chi connectivity index (χ4v) is 7.04. The Kier molecular flexibility index (Phi) is 6.38. The topological polar surface area (TPSA) is 87.7 Å². The molecule has 0 bridgehead atoms. The molecule has 4 aromatic rings. The normalized spacial score (nSPS) is 16.8. The summed E-state index contributed by atoms with van der Waals surface area (Å²) in [4.78, 5) is 42.0. The number of nitrogens with zero attached hydrogens (tertiary/aromatic N) is 4. The zero-order valence-electron chi connectivity index (χ0n) is 21.3. The van der Waals surface area contributed by atoms with Crippen molar-refractivity contribution in [2.45, 2.75) is 25.3 Å². The molecule has 1 aliphatic carbocycles. The summed E-state index contributed by atoms with van der Waals surface area (Å²) >= 11 is 3.09. The molecule has 1 aromatic carbocycles. The van der Waals surface area contributed by atoms with Crippen LogP contribution in [-0.4, -0.2) is 60.7 Å². The maximum atomic E-state index is 13.9. The molecule has 0 spiro atoms. The van der Waals surface area contributed by atoms with E-state index < -0.39 is 0 Å². The first-order chi connectivity index (χ1) is 19.1. The van der Waals surface area contributed by atoms with Gasteiger partial charge in [0.05, 0.1) is 29.5 Å². The van der Waals surface area contributed by atoms with Gasteiger partial charge >= 0.3 is 0 Å². The standard InChI is InChI=1S/C29H27N5O3S2/c35-27(30-19-8-9-19)25-16-18-10-11-34(24-7-2-1-4-20(24)26(18)39-25)28(36)22-6-3-5-21(31-22)23-17-38-29(32-23)33-12-14-37-15-13-33/h1-7,16-17,19H,8-15H2,(H,30,35). The van der Waals surface area contributed by atoms with Crippen LogP contribution in [0.1, 0.15) is 38.6 Å². The Morgan fingerprint density at radius 2 is 1.82 bits per heavy atom. The van der Waals surface area contributed by atoms with E-state index in [9.17, 15) is 9.59 Å². The lowest BCUT2D eigenvalue weighted by molar-refractivity contribution is 0.0952. The number of hydrogen-bond donors (Lipinski definition) is 1. The van der Waals surface area contributed by atoms with Crippen LogP contribution in [0.4, 0.5) is 10.8 Å². The van der Waals surface area contributed by atoms with E-state index in [1.54, 1.807) is 17.4 Å². The molecule has 10 heteroatoms. The van der Waals surface area contributed by atoms with Crippen molar-refractivity contribution >= 4 is 45.3 Å². The summed E-state index contributed by atoms with van der Waals surface area (Å²) in [7, 11) is 0. The highest BCUT2D eigenvalue weighted by molar-refractivity contribution is 7.17. The van der Waals surface area contributed by atoms with Crippen molar-refractivity contribution in [2.24, 2.45) is 0 Å². The first-order valence-corrected chi connectivity index (χ1v) is 14.9. The first-order valence-electron chi connectivity index (χ1n) is 13.2. The lowest BCUT2D eigenvalue weighted by atomic mass is 10.1. The SMILES string of the molecule is O=C(NC1CC1)c1cc2c(s1)-c1ccccc1N(C(=O)c1cccc(-c3csc(N4CCOCC4)n3)n1)CC2. The zero-order chi connectivity index (χ0) is 26.3. The lowest BCUT2D eigenvalue weighted by Gasteiger charge is -2.26. The molecule has 0 radical (unpaired) electrons. The Labute approximate surface area is 234 Å². The van der Waals surface area contributed by atoms with Gasteiger partial charge in [-0.3, -0.25) is 9.59 Å². The number of aromatic nitrogens is 2. The number of thiophene rings is 1. The Morgan fingerprint density at radius 3 is 2.67 bits per heavy atom. The van der Waals surface area contributed by atoms with Crippen LogP contribution in [-0.2, 0) is 11.2 Å². The number of thiazole rings is 1. The monoisotopic (exact) mass is 557 g/mol. The number of amides is 2. The molecule has 3 aromatic heterocycles. The Hall–Kier alpha value is -3.60. The minimum atomic E-state index is -0.144. The van der Waals surface area contributed by atoms with Crippen LogP contribution < -0.4 is 15.1 Å². The van der Waals surface area contributed by atoms with Gasteiger partial charge in [0.25, 0.3) is 11.8 Å². The average Bonchev–Trinajstić information content (AvgIpc) is 3.51. The molecule has 0 unspecified atom stereocenters. The third-order valence-corrected chi connectivity index (χ3v) is 9.35. The second kappa shape index (κ2) is 10.2. The number of benzene rings is 1. The summed E-state index contributed by atoms with van der Waals surface area (Å²) in [5.41, 5.74) is 4.76. The van der Waals surface area contributed by atoms with E-state index in [2.05, 4.69) is 10.2 Å². The van der Waals surface area contributed by atoms with E-state index in [0.29, 0.717) is 43.6 Å². The van der Waals surface area contributed by atoms with Crippen molar-refractivity contribution in [1.29, 1.82) is 0 Å². The third kappa shape index (κ3) is 4.84.